The first-order chi connectivity index (χ1) is 14.4. The predicted molar refractivity (Wildman–Crippen MR) is 120 cm³/mol. The first-order valence-electron chi connectivity index (χ1n) is 9.87. The van der Waals surface area contributed by atoms with Crippen LogP contribution in [0.2, 0.25) is 5.02 Å². The van der Waals surface area contributed by atoms with E-state index in [2.05, 4.69) is 15.6 Å². The molecule has 0 bridgehead atoms. The summed E-state index contributed by atoms with van der Waals surface area (Å²) in [6.45, 7) is 1.79. The number of fused-ring (bicyclic) bond motifs is 1. The SMILES string of the molecule is CC(=O)N[C@@H](Cc1c[nH]c2ccccc12)C(=O)NC[C@@H](c1ccccc1Cl)N(C)C. The molecule has 3 rings (SSSR count). The molecule has 0 saturated heterocycles. The van der Waals surface area contributed by atoms with Crippen LogP contribution in [-0.2, 0) is 16.0 Å². The Kier molecular flexibility index (Phi) is 7.13. The Hall–Kier alpha value is -2.83. The number of hydrogen-bond acceptors (Lipinski definition) is 3. The molecule has 0 radical (unpaired) electrons. The van der Waals surface area contributed by atoms with Crippen LogP contribution in [0.4, 0.5) is 0 Å². The van der Waals surface area contributed by atoms with Crippen LogP contribution in [0, 0.1) is 0 Å². The summed E-state index contributed by atoms with van der Waals surface area (Å²) in [6.07, 6.45) is 2.29. The number of nitrogens with one attached hydrogen (secondary N) is 3. The zero-order chi connectivity index (χ0) is 21.7. The molecule has 3 N–H and O–H groups in total. The highest BCUT2D eigenvalue weighted by atomic mass is 35.5. The molecule has 0 aliphatic heterocycles. The molecule has 2 atom stereocenters. The second kappa shape index (κ2) is 9.78. The third-order valence-electron chi connectivity index (χ3n) is 5.15. The first-order valence-corrected chi connectivity index (χ1v) is 10.2. The number of aromatic amines is 1. The number of para-hydroxylation sites is 1. The summed E-state index contributed by atoms with van der Waals surface area (Å²) in [5.74, 6) is -0.473. The number of carbonyl (C=O) groups is 2. The summed E-state index contributed by atoms with van der Waals surface area (Å²) in [6, 6.07) is 14.7. The minimum atomic E-state index is -0.671. The van der Waals surface area contributed by atoms with Crippen LogP contribution in [0.1, 0.15) is 24.1 Å². The number of benzene rings is 2. The van der Waals surface area contributed by atoms with Crippen molar-refractivity contribution in [2.45, 2.75) is 25.4 Å². The number of aromatic nitrogens is 1. The maximum Gasteiger partial charge on any atom is 0.242 e. The number of H-pyrrole nitrogens is 1. The van der Waals surface area contributed by atoms with Crippen molar-refractivity contribution in [2.75, 3.05) is 20.6 Å². The van der Waals surface area contributed by atoms with Gasteiger partial charge in [0, 0.05) is 42.0 Å². The summed E-state index contributed by atoms with van der Waals surface area (Å²) in [7, 11) is 3.88. The highest BCUT2D eigenvalue weighted by Crippen LogP contribution is 2.25. The second-order valence-electron chi connectivity index (χ2n) is 7.56. The molecular formula is C23H27ClN4O2. The van der Waals surface area contributed by atoms with E-state index in [0.29, 0.717) is 18.0 Å². The summed E-state index contributed by atoms with van der Waals surface area (Å²) in [5.41, 5.74) is 2.92. The van der Waals surface area contributed by atoms with E-state index in [1.807, 2.05) is 73.7 Å². The van der Waals surface area contributed by atoms with E-state index >= 15 is 0 Å². The van der Waals surface area contributed by atoms with E-state index in [-0.39, 0.29) is 17.9 Å². The predicted octanol–water partition coefficient (Wildman–Crippen LogP) is 3.29. The van der Waals surface area contributed by atoms with Gasteiger partial charge in [0.25, 0.3) is 0 Å². The maximum atomic E-state index is 13.0. The molecule has 30 heavy (non-hydrogen) atoms. The molecule has 1 heterocycles. The lowest BCUT2D eigenvalue weighted by molar-refractivity contribution is -0.128. The number of nitrogens with zero attached hydrogens (tertiary/aromatic N) is 1. The van der Waals surface area contributed by atoms with Crippen molar-refractivity contribution in [1.82, 2.24) is 20.5 Å². The van der Waals surface area contributed by atoms with Crippen molar-refractivity contribution in [2.24, 2.45) is 0 Å². The molecule has 7 heteroatoms. The van der Waals surface area contributed by atoms with Gasteiger partial charge in [-0.25, -0.2) is 0 Å². The smallest absolute Gasteiger partial charge is 0.242 e. The van der Waals surface area contributed by atoms with E-state index in [1.165, 1.54) is 6.92 Å². The van der Waals surface area contributed by atoms with Crippen LogP contribution < -0.4 is 10.6 Å². The first kappa shape index (κ1) is 21.9. The monoisotopic (exact) mass is 426 g/mol. The maximum absolute atomic E-state index is 13.0. The van der Waals surface area contributed by atoms with Crippen molar-refractivity contribution >= 4 is 34.3 Å². The number of likely N-dealkylation sites (N-methyl/N-ethyl adjacent to an activating group) is 1. The lowest BCUT2D eigenvalue weighted by atomic mass is 10.0. The van der Waals surface area contributed by atoms with Gasteiger partial charge >= 0.3 is 0 Å². The molecule has 0 aliphatic carbocycles. The molecule has 1 aromatic heterocycles. The molecule has 3 aromatic rings. The molecule has 158 valence electrons. The van der Waals surface area contributed by atoms with E-state index in [1.54, 1.807) is 0 Å². The number of rotatable bonds is 8. The second-order valence-corrected chi connectivity index (χ2v) is 7.97. The largest absolute Gasteiger partial charge is 0.361 e. The zero-order valence-electron chi connectivity index (χ0n) is 17.4. The third-order valence-corrected chi connectivity index (χ3v) is 5.49. The Labute approximate surface area is 181 Å². The van der Waals surface area contributed by atoms with Gasteiger partial charge in [-0.05, 0) is 37.4 Å². The zero-order valence-corrected chi connectivity index (χ0v) is 18.2. The Morgan fingerprint density at radius 2 is 1.80 bits per heavy atom. The number of hydrogen-bond donors (Lipinski definition) is 3. The summed E-state index contributed by atoms with van der Waals surface area (Å²) in [4.78, 5) is 30.0. The van der Waals surface area contributed by atoms with Crippen LogP contribution in [0.3, 0.4) is 0 Å². The van der Waals surface area contributed by atoms with Crippen LogP contribution in [0.25, 0.3) is 10.9 Å². The van der Waals surface area contributed by atoms with Gasteiger partial charge in [-0.15, -0.1) is 0 Å². The van der Waals surface area contributed by atoms with Crippen molar-refractivity contribution in [3.63, 3.8) is 0 Å². The van der Waals surface area contributed by atoms with Gasteiger partial charge in [-0.3, -0.25) is 9.59 Å². The van der Waals surface area contributed by atoms with E-state index in [0.717, 1.165) is 22.0 Å². The van der Waals surface area contributed by atoms with Gasteiger partial charge in [-0.2, -0.15) is 0 Å². The quantitative estimate of drug-likeness (QED) is 0.517. The summed E-state index contributed by atoms with van der Waals surface area (Å²) >= 11 is 6.36. The summed E-state index contributed by atoms with van der Waals surface area (Å²) < 4.78 is 0. The molecule has 0 unspecified atom stereocenters. The van der Waals surface area contributed by atoms with Gasteiger partial charge in [0.2, 0.25) is 11.8 Å². The van der Waals surface area contributed by atoms with Crippen molar-refractivity contribution in [3.8, 4) is 0 Å². The van der Waals surface area contributed by atoms with Crippen LogP contribution in [-0.4, -0.2) is 48.4 Å². The third kappa shape index (κ3) is 5.20. The minimum Gasteiger partial charge on any atom is -0.361 e. The summed E-state index contributed by atoms with van der Waals surface area (Å²) in [5, 5.41) is 7.47. The average Bonchev–Trinajstić information content (AvgIpc) is 3.11. The number of carbonyl (C=O) groups excluding carboxylic acids is 2. The van der Waals surface area contributed by atoms with Crippen LogP contribution >= 0.6 is 11.6 Å². The molecule has 0 aliphatic rings. The normalized spacial score (nSPS) is 13.2. The highest BCUT2D eigenvalue weighted by Gasteiger charge is 2.24. The van der Waals surface area contributed by atoms with E-state index in [4.69, 9.17) is 11.6 Å². The molecule has 0 fully saturated rings. The Morgan fingerprint density at radius 3 is 2.50 bits per heavy atom. The fraction of sp³-hybridized carbons (Fsp3) is 0.304. The Balaban J connectivity index is 1.75. The van der Waals surface area contributed by atoms with Crippen molar-refractivity contribution < 1.29 is 9.59 Å². The van der Waals surface area contributed by atoms with Gasteiger partial charge in [-0.1, -0.05) is 48.0 Å². The van der Waals surface area contributed by atoms with Crippen LogP contribution in [0.15, 0.2) is 54.7 Å². The standard InChI is InChI=1S/C23H27ClN4O2/c1-15(29)27-21(12-16-13-25-20-11-7-5-8-17(16)20)23(30)26-14-22(28(2)3)18-9-4-6-10-19(18)24/h4-11,13,21-22,25H,12,14H2,1-3H3,(H,26,30)(H,27,29)/t21-,22-/m0/s1. The van der Waals surface area contributed by atoms with Gasteiger partial charge < -0.3 is 20.5 Å². The fourth-order valence-electron chi connectivity index (χ4n) is 3.61. The highest BCUT2D eigenvalue weighted by molar-refractivity contribution is 6.31. The topological polar surface area (TPSA) is 77.2 Å². The molecule has 6 nitrogen and oxygen atoms in total. The molecular weight excluding hydrogens is 400 g/mol. The van der Waals surface area contributed by atoms with Gasteiger partial charge in [0.1, 0.15) is 6.04 Å². The van der Waals surface area contributed by atoms with Gasteiger partial charge in [0.15, 0.2) is 0 Å². The molecule has 0 spiro atoms. The Bertz CT molecular complexity index is 1030. The lowest BCUT2D eigenvalue weighted by Gasteiger charge is -2.27. The van der Waals surface area contributed by atoms with E-state index in [9.17, 15) is 9.59 Å². The Morgan fingerprint density at radius 1 is 1.10 bits per heavy atom. The lowest BCUT2D eigenvalue weighted by Crippen LogP contribution is -2.49. The average molecular weight is 427 g/mol. The van der Waals surface area contributed by atoms with E-state index < -0.39 is 6.04 Å². The van der Waals surface area contributed by atoms with Crippen molar-refractivity contribution in [1.29, 1.82) is 0 Å². The minimum absolute atomic E-state index is 0.0892. The molecule has 2 amide bonds. The van der Waals surface area contributed by atoms with Crippen molar-refractivity contribution in [3.05, 3.63) is 70.9 Å². The number of halogens is 1. The molecule has 0 saturated carbocycles. The molecule has 2 aromatic carbocycles. The van der Waals surface area contributed by atoms with Gasteiger partial charge in [0.05, 0.1) is 6.04 Å². The number of amides is 2. The van der Waals surface area contributed by atoms with Crippen LogP contribution in [0.5, 0.6) is 0 Å². The fourth-order valence-corrected chi connectivity index (χ4v) is 3.87.